The molecule has 1 aromatic carbocycles. The van der Waals surface area contributed by atoms with E-state index in [0.29, 0.717) is 12.6 Å². The Morgan fingerprint density at radius 3 is 2.76 bits per heavy atom. The van der Waals surface area contributed by atoms with Gasteiger partial charge in [-0.3, -0.25) is 0 Å². The van der Waals surface area contributed by atoms with E-state index >= 15 is 0 Å². The van der Waals surface area contributed by atoms with Crippen LogP contribution in [0.3, 0.4) is 0 Å². The van der Waals surface area contributed by atoms with Crippen molar-refractivity contribution in [2.75, 3.05) is 0 Å². The van der Waals surface area contributed by atoms with Gasteiger partial charge in [-0.05, 0) is 37.1 Å². The molecule has 0 aliphatic carbocycles. The summed E-state index contributed by atoms with van der Waals surface area (Å²) in [7, 11) is 0. The lowest BCUT2D eigenvalue weighted by atomic mass is 10.1. The highest BCUT2D eigenvalue weighted by atomic mass is 16.5. The minimum Gasteiger partial charge on any atom is -0.424 e. The van der Waals surface area contributed by atoms with Crippen LogP contribution in [-0.2, 0) is 6.54 Å². The first-order valence-corrected chi connectivity index (χ1v) is 5.46. The fourth-order valence-corrected chi connectivity index (χ4v) is 1.45. The van der Waals surface area contributed by atoms with Crippen LogP contribution in [0.25, 0.3) is 0 Å². The number of rotatable bonds is 3. The minimum absolute atomic E-state index is 0.363. The highest BCUT2D eigenvalue weighted by Gasteiger charge is 2.04. The quantitative estimate of drug-likeness (QED) is 0.877. The molecule has 0 aliphatic heterocycles. The van der Waals surface area contributed by atoms with Gasteiger partial charge in [-0.15, -0.1) is 0 Å². The Kier molecular flexibility index (Phi) is 3.35. The maximum atomic E-state index is 5.65. The summed E-state index contributed by atoms with van der Waals surface area (Å²) in [5.74, 6) is 0.749. The first-order chi connectivity index (χ1) is 8.19. The molecule has 0 saturated carbocycles. The van der Waals surface area contributed by atoms with E-state index in [-0.39, 0.29) is 0 Å². The summed E-state index contributed by atoms with van der Waals surface area (Å²) < 4.78 is 5.65. The molecule has 17 heavy (non-hydrogen) atoms. The van der Waals surface area contributed by atoms with Crippen LogP contribution in [0, 0.1) is 13.8 Å². The zero-order valence-electron chi connectivity index (χ0n) is 9.97. The molecule has 0 saturated heterocycles. The summed E-state index contributed by atoms with van der Waals surface area (Å²) in [5.41, 5.74) is 8.54. The number of hydrogen-bond acceptors (Lipinski definition) is 4. The van der Waals surface area contributed by atoms with Crippen LogP contribution in [-0.4, -0.2) is 9.97 Å². The van der Waals surface area contributed by atoms with Crippen molar-refractivity contribution in [1.82, 2.24) is 9.97 Å². The Bertz CT molecular complexity index is 526. The topological polar surface area (TPSA) is 61.0 Å². The molecule has 0 bridgehead atoms. The van der Waals surface area contributed by atoms with Gasteiger partial charge in [-0.1, -0.05) is 12.1 Å². The molecule has 0 radical (unpaired) electrons. The third-order valence-corrected chi connectivity index (χ3v) is 2.46. The Morgan fingerprint density at radius 1 is 1.24 bits per heavy atom. The summed E-state index contributed by atoms with van der Waals surface area (Å²) in [4.78, 5) is 8.27. The van der Waals surface area contributed by atoms with Crippen molar-refractivity contribution in [2.24, 2.45) is 5.73 Å². The van der Waals surface area contributed by atoms with Gasteiger partial charge in [0, 0.05) is 18.4 Å². The molecule has 0 atom stereocenters. The number of hydrogen-bond donors (Lipinski definition) is 1. The Morgan fingerprint density at radius 2 is 2.06 bits per heavy atom. The molecule has 2 aromatic rings. The van der Waals surface area contributed by atoms with E-state index in [1.165, 1.54) is 0 Å². The molecule has 4 heteroatoms. The zero-order valence-corrected chi connectivity index (χ0v) is 9.97. The van der Waals surface area contributed by atoms with Gasteiger partial charge < -0.3 is 10.5 Å². The van der Waals surface area contributed by atoms with Gasteiger partial charge in [0.25, 0.3) is 0 Å². The molecular weight excluding hydrogens is 214 g/mol. The molecule has 2 N–H and O–H groups in total. The van der Waals surface area contributed by atoms with Crippen LogP contribution < -0.4 is 10.5 Å². The number of benzene rings is 1. The SMILES string of the molecule is Cc1ccnc(Oc2cc(CN)ccc2C)n1. The molecule has 1 aromatic heterocycles. The molecule has 88 valence electrons. The first kappa shape index (κ1) is 11.5. The number of aromatic nitrogens is 2. The third-order valence-electron chi connectivity index (χ3n) is 2.46. The summed E-state index contributed by atoms with van der Waals surface area (Å²) in [6.07, 6.45) is 1.68. The van der Waals surface area contributed by atoms with Crippen LogP contribution in [0.2, 0.25) is 0 Å². The first-order valence-electron chi connectivity index (χ1n) is 5.46. The third kappa shape index (κ3) is 2.79. The molecule has 0 amide bonds. The fourth-order valence-electron chi connectivity index (χ4n) is 1.45. The summed E-state index contributed by atoms with van der Waals surface area (Å²) in [6.45, 7) is 4.37. The number of nitrogens with two attached hydrogens (primary N) is 1. The minimum atomic E-state index is 0.363. The maximum Gasteiger partial charge on any atom is 0.322 e. The summed E-state index contributed by atoms with van der Waals surface area (Å²) in [6, 6.07) is 8.08. The van der Waals surface area contributed by atoms with Gasteiger partial charge in [0.1, 0.15) is 5.75 Å². The van der Waals surface area contributed by atoms with E-state index in [2.05, 4.69) is 9.97 Å². The largest absolute Gasteiger partial charge is 0.424 e. The molecule has 4 nitrogen and oxygen atoms in total. The Balaban J connectivity index is 2.29. The Labute approximate surface area is 100 Å². The lowest BCUT2D eigenvalue weighted by Crippen LogP contribution is -1.99. The lowest BCUT2D eigenvalue weighted by Gasteiger charge is -2.08. The predicted molar refractivity (Wildman–Crippen MR) is 65.9 cm³/mol. The summed E-state index contributed by atoms with van der Waals surface area (Å²) >= 11 is 0. The van der Waals surface area contributed by atoms with Crippen molar-refractivity contribution in [3.63, 3.8) is 0 Å². The molecular formula is C13H15N3O. The van der Waals surface area contributed by atoms with E-state index in [9.17, 15) is 0 Å². The average molecular weight is 229 g/mol. The summed E-state index contributed by atoms with van der Waals surface area (Å²) in [5, 5.41) is 0. The van der Waals surface area contributed by atoms with E-state index in [1.54, 1.807) is 6.20 Å². The number of aryl methyl sites for hydroxylation is 2. The van der Waals surface area contributed by atoms with Crippen LogP contribution >= 0.6 is 0 Å². The normalized spacial score (nSPS) is 10.3. The van der Waals surface area contributed by atoms with Crippen molar-refractivity contribution >= 4 is 0 Å². The van der Waals surface area contributed by atoms with Crippen molar-refractivity contribution in [1.29, 1.82) is 0 Å². The number of ether oxygens (including phenoxy) is 1. The molecule has 1 heterocycles. The van der Waals surface area contributed by atoms with E-state index < -0.39 is 0 Å². The van der Waals surface area contributed by atoms with Crippen molar-refractivity contribution in [2.45, 2.75) is 20.4 Å². The lowest BCUT2D eigenvalue weighted by molar-refractivity contribution is 0.436. The van der Waals surface area contributed by atoms with Crippen LogP contribution in [0.1, 0.15) is 16.8 Å². The smallest absolute Gasteiger partial charge is 0.322 e. The zero-order chi connectivity index (χ0) is 12.3. The highest BCUT2D eigenvalue weighted by Crippen LogP contribution is 2.23. The van der Waals surface area contributed by atoms with Crippen molar-refractivity contribution in [3.05, 3.63) is 47.3 Å². The fraction of sp³-hybridized carbons (Fsp3) is 0.231. The van der Waals surface area contributed by atoms with Gasteiger partial charge in [0.05, 0.1) is 0 Å². The van der Waals surface area contributed by atoms with Gasteiger partial charge in [0.15, 0.2) is 0 Å². The molecule has 2 rings (SSSR count). The monoisotopic (exact) mass is 229 g/mol. The van der Waals surface area contributed by atoms with Gasteiger partial charge >= 0.3 is 6.01 Å². The van der Waals surface area contributed by atoms with Gasteiger partial charge in [-0.2, -0.15) is 0 Å². The molecule has 0 aliphatic rings. The average Bonchev–Trinajstić information content (AvgIpc) is 2.32. The van der Waals surface area contributed by atoms with E-state index in [4.69, 9.17) is 10.5 Å². The van der Waals surface area contributed by atoms with Crippen LogP contribution in [0.4, 0.5) is 0 Å². The molecule has 0 spiro atoms. The van der Waals surface area contributed by atoms with Crippen LogP contribution in [0.15, 0.2) is 30.5 Å². The second kappa shape index (κ2) is 4.93. The predicted octanol–water partition coefficient (Wildman–Crippen LogP) is 2.34. The highest BCUT2D eigenvalue weighted by molar-refractivity contribution is 5.38. The Hall–Kier alpha value is -1.94. The van der Waals surface area contributed by atoms with E-state index in [1.807, 2.05) is 38.1 Å². The molecule has 0 unspecified atom stereocenters. The van der Waals surface area contributed by atoms with Crippen LogP contribution in [0.5, 0.6) is 11.8 Å². The molecule has 0 fully saturated rings. The van der Waals surface area contributed by atoms with Crippen molar-refractivity contribution in [3.8, 4) is 11.8 Å². The number of nitrogens with zero attached hydrogens (tertiary/aromatic N) is 2. The second-order valence-corrected chi connectivity index (χ2v) is 3.89. The van der Waals surface area contributed by atoms with Gasteiger partial charge in [-0.25, -0.2) is 9.97 Å². The van der Waals surface area contributed by atoms with E-state index in [0.717, 1.165) is 22.6 Å². The van der Waals surface area contributed by atoms with Crippen molar-refractivity contribution < 1.29 is 4.74 Å². The maximum absolute atomic E-state index is 5.65. The standard InChI is InChI=1S/C13H15N3O/c1-9-3-4-11(8-14)7-12(9)17-13-15-6-5-10(2)16-13/h3-7H,8,14H2,1-2H3. The van der Waals surface area contributed by atoms with Gasteiger partial charge in [0.2, 0.25) is 0 Å². The second-order valence-electron chi connectivity index (χ2n) is 3.89.